The number of carbonyl (C=O) groups excluding carboxylic acids is 2. The summed E-state index contributed by atoms with van der Waals surface area (Å²) in [5.74, 6) is -0.664. The molecule has 2 rings (SSSR count). The lowest BCUT2D eigenvalue weighted by Gasteiger charge is -2.09. The molecular weight excluding hydrogens is 368 g/mol. The first kappa shape index (κ1) is 20.7. The molecule has 148 valence electrons. The maximum Gasteiger partial charge on any atom is 0.344 e. The summed E-state index contributed by atoms with van der Waals surface area (Å²) < 4.78 is 15.1. The maximum absolute atomic E-state index is 11.9. The highest BCUT2D eigenvalue weighted by molar-refractivity contribution is 5.95. The summed E-state index contributed by atoms with van der Waals surface area (Å²) >= 11 is 0. The molecule has 0 aromatic heterocycles. The molecule has 0 bridgehead atoms. The molecule has 0 saturated heterocycles. The summed E-state index contributed by atoms with van der Waals surface area (Å²) in [6.07, 6.45) is 0. The van der Waals surface area contributed by atoms with Crippen molar-refractivity contribution in [3.8, 4) is 11.5 Å². The van der Waals surface area contributed by atoms with E-state index in [9.17, 15) is 19.7 Å². The molecule has 0 aliphatic rings. The van der Waals surface area contributed by atoms with Crippen LogP contribution in [0, 0.1) is 24.0 Å². The molecule has 0 heterocycles. The number of esters is 1. The minimum Gasteiger partial charge on any atom is -0.496 e. The zero-order chi connectivity index (χ0) is 20.7. The maximum atomic E-state index is 11.9. The monoisotopic (exact) mass is 388 g/mol. The zero-order valence-electron chi connectivity index (χ0n) is 15.7. The van der Waals surface area contributed by atoms with Crippen molar-refractivity contribution < 1.29 is 28.7 Å². The normalized spacial score (nSPS) is 10.1. The van der Waals surface area contributed by atoms with Gasteiger partial charge < -0.3 is 19.5 Å². The van der Waals surface area contributed by atoms with Crippen molar-refractivity contribution in [3.63, 3.8) is 0 Å². The number of nitro benzene ring substituents is 1. The Bertz CT molecular complexity index is 896. The number of methoxy groups -OCH3 is 1. The van der Waals surface area contributed by atoms with Gasteiger partial charge in [-0.2, -0.15) is 0 Å². The third-order valence-electron chi connectivity index (χ3n) is 3.87. The number of rotatable bonds is 8. The Morgan fingerprint density at radius 3 is 2.39 bits per heavy atom. The van der Waals surface area contributed by atoms with E-state index in [1.807, 2.05) is 19.9 Å². The summed E-state index contributed by atoms with van der Waals surface area (Å²) in [6.45, 7) is 2.92. The molecule has 0 radical (unpaired) electrons. The Labute approximate surface area is 161 Å². The summed E-state index contributed by atoms with van der Waals surface area (Å²) in [5.41, 5.74) is 1.75. The van der Waals surface area contributed by atoms with Crippen LogP contribution in [0.5, 0.6) is 11.5 Å². The van der Waals surface area contributed by atoms with Gasteiger partial charge in [0.25, 0.3) is 11.6 Å². The Morgan fingerprint density at radius 2 is 1.75 bits per heavy atom. The fourth-order valence-electron chi connectivity index (χ4n) is 2.22. The van der Waals surface area contributed by atoms with Crippen molar-refractivity contribution in [3.05, 3.63) is 57.6 Å². The van der Waals surface area contributed by atoms with Crippen LogP contribution in [0.3, 0.4) is 0 Å². The number of hydrogen-bond donors (Lipinski definition) is 1. The van der Waals surface area contributed by atoms with E-state index in [0.29, 0.717) is 5.75 Å². The van der Waals surface area contributed by atoms with Crippen LogP contribution in [0.2, 0.25) is 0 Å². The Hall–Kier alpha value is -3.62. The number of nitro groups is 1. The second kappa shape index (κ2) is 9.36. The van der Waals surface area contributed by atoms with Gasteiger partial charge in [0.1, 0.15) is 17.2 Å². The van der Waals surface area contributed by atoms with Gasteiger partial charge in [0.05, 0.1) is 18.1 Å². The molecule has 0 spiro atoms. The van der Waals surface area contributed by atoms with E-state index in [0.717, 1.165) is 11.1 Å². The van der Waals surface area contributed by atoms with Gasteiger partial charge in [-0.3, -0.25) is 14.9 Å². The van der Waals surface area contributed by atoms with Gasteiger partial charge in [0.2, 0.25) is 0 Å². The van der Waals surface area contributed by atoms with E-state index in [1.54, 1.807) is 12.1 Å². The lowest BCUT2D eigenvalue weighted by atomic mass is 10.1. The van der Waals surface area contributed by atoms with Gasteiger partial charge in [-0.25, -0.2) is 4.79 Å². The standard InChI is InChI=1S/C19H20N2O7/c1-12-4-5-15(8-13(12)2)27-11-19(23)28-10-18(22)20-16-7-6-14(26-3)9-17(16)21(24)25/h4-9H,10-11H2,1-3H3,(H,20,22). The fraction of sp³-hybridized carbons (Fsp3) is 0.263. The molecule has 28 heavy (non-hydrogen) atoms. The fourth-order valence-corrected chi connectivity index (χ4v) is 2.22. The molecule has 0 aliphatic heterocycles. The van der Waals surface area contributed by atoms with Crippen molar-refractivity contribution >= 4 is 23.3 Å². The van der Waals surface area contributed by atoms with Crippen molar-refractivity contribution in [2.24, 2.45) is 0 Å². The van der Waals surface area contributed by atoms with Gasteiger partial charge in [0, 0.05) is 0 Å². The second-order valence-electron chi connectivity index (χ2n) is 5.88. The molecule has 1 N–H and O–H groups in total. The number of anilines is 1. The van der Waals surface area contributed by atoms with Crippen LogP contribution in [0.1, 0.15) is 11.1 Å². The summed E-state index contributed by atoms with van der Waals surface area (Å²) in [4.78, 5) is 34.1. The van der Waals surface area contributed by atoms with Crippen LogP contribution in [0.25, 0.3) is 0 Å². The van der Waals surface area contributed by atoms with Crippen LogP contribution in [0.4, 0.5) is 11.4 Å². The zero-order valence-corrected chi connectivity index (χ0v) is 15.7. The first-order chi connectivity index (χ1) is 13.3. The number of aryl methyl sites for hydroxylation is 2. The number of hydrogen-bond acceptors (Lipinski definition) is 7. The number of nitrogens with zero attached hydrogens (tertiary/aromatic N) is 1. The SMILES string of the molecule is COc1ccc(NC(=O)COC(=O)COc2ccc(C)c(C)c2)c([N+](=O)[O-])c1. The van der Waals surface area contributed by atoms with Crippen LogP contribution in [0.15, 0.2) is 36.4 Å². The molecule has 0 fully saturated rings. The lowest BCUT2D eigenvalue weighted by molar-refractivity contribution is -0.384. The van der Waals surface area contributed by atoms with Crippen LogP contribution in [-0.4, -0.2) is 37.1 Å². The average molecular weight is 388 g/mol. The van der Waals surface area contributed by atoms with Gasteiger partial charge in [-0.1, -0.05) is 6.07 Å². The molecular formula is C19H20N2O7. The smallest absolute Gasteiger partial charge is 0.344 e. The largest absolute Gasteiger partial charge is 0.496 e. The minimum absolute atomic E-state index is 0.0294. The predicted molar refractivity (Wildman–Crippen MR) is 101 cm³/mol. The molecule has 9 heteroatoms. The van der Waals surface area contributed by atoms with Gasteiger partial charge in [0.15, 0.2) is 13.2 Å². The highest BCUT2D eigenvalue weighted by atomic mass is 16.6. The van der Waals surface area contributed by atoms with Crippen LogP contribution >= 0.6 is 0 Å². The predicted octanol–water partition coefficient (Wildman–Crippen LogP) is 2.78. The molecule has 9 nitrogen and oxygen atoms in total. The molecule has 2 aromatic carbocycles. The lowest BCUT2D eigenvalue weighted by Crippen LogP contribution is -2.24. The van der Waals surface area contributed by atoms with Crippen LogP contribution < -0.4 is 14.8 Å². The summed E-state index contributed by atoms with van der Waals surface area (Å²) in [7, 11) is 1.37. The van der Waals surface area contributed by atoms with Gasteiger partial charge in [-0.05, 0) is 49.2 Å². The number of benzene rings is 2. The third-order valence-corrected chi connectivity index (χ3v) is 3.87. The summed E-state index contributed by atoms with van der Waals surface area (Å²) in [6, 6.07) is 9.36. The number of amides is 1. The van der Waals surface area contributed by atoms with Crippen molar-refractivity contribution in [1.29, 1.82) is 0 Å². The minimum atomic E-state index is -0.738. The molecule has 0 atom stereocenters. The quantitative estimate of drug-likeness (QED) is 0.420. The van der Waals surface area contributed by atoms with E-state index >= 15 is 0 Å². The van der Waals surface area contributed by atoms with E-state index < -0.39 is 23.4 Å². The number of carbonyl (C=O) groups is 2. The Morgan fingerprint density at radius 1 is 1.04 bits per heavy atom. The average Bonchev–Trinajstić information content (AvgIpc) is 2.67. The van der Waals surface area contributed by atoms with Gasteiger partial charge >= 0.3 is 5.97 Å². The topological polar surface area (TPSA) is 117 Å². The second-order valence-corrected chi connectivity index (χ2v) is 5.88. The number of nitrogens with one attached hydrogen (secondary N) is 1. The van der Waals surface area contributed by atoms with Crippen molar-refractivity contribution in [1.82, 2.24) is 0 Å². The first-order valence-electron chi connectivity index (χ1n) is 8.28. The highest BCUT2D eigenvalue weighted by Crippen LogP contribution is 2.28. The third kappa shape index (κ3) is 5.70. The van der Waals surface area contributed by atoms with E-state index in [4.69, 9.17) is 14.2 Å². The molecule has 0 unspecified atom stereocenters. The molecule has 1 amide bonds. The Balaban J connectivity index is 1.85. The van der Waals surface area contributed by atoms with E-state index in [-0.39, 0.29) is 23.7 Å². The van der Waals surface area contributed by atoms with E-state index in [2.05, 4.69) is 5.32 Å². The summed E-state index contributed by atoms with van der Waals surface area (Å²) in [5, 5.41) is 13.4. The molecule has 0 aliphatic carbocycles. The molecule has 2 aromatic rings. The van der Waals surface area contributed by atoms with Crippen molar-refractivity contribution in [2.75, 3.05) is 25.6 Å². The highest BCUT2D eigenvalue weighted by Gasteiger charge is 2.18. The Kier molecular flexibility index (Phi) is 6.91. The molecule has 0 saturated carbocycles. The van der Waals surface area contributed by atoms with Gasteiger partial charge in [-0.15, -0.1) is 0 Å². The number of ether oxygens (including phenoxy) is 3. The van der Waals surface area contributed by atoms with Crippen molar-refractivity contribution in [2.45, 2.75) is 13.8 Å². The van der Waals surface area contributed by atoms with E-state index in [1.165, 1.54) is 25.3 Å². The first-order valence-corrected chi connectivity index (χ1v) is 8.28. The van der Waals surface area contributed by atoms with Crippen LogP contribution in [-0.2, 0) is 14.3 Å².